The zero-order valence-electron chi connectivity index (χ0n) is 11.1. The summed E-state index contributed by atoms with van der Waals surface area (Å²) in [5, 5.41) is 0. The minimum atomic E-state index is -1.92. The first-order chi connectivity index (χ1) is 8.91. The molecule has 8 heteroatoms. The van der Waals surface area contributed by atoms with E-state index in [4.69, 9.17) is 22.6 Å². The fourth-order valence-electron chi connectivity index (χ4n) is 2.04. The van der Waals surface area contributed by atoms with Gasteiger partial charge in [0.1, 0.15) is 6.10 Å². The van der Waals surface area contributed by atoms with Gasteiger partial charge in [0, 0.05) is 6.42 Å². The number of hydrogen-bond donors (Lipinski definition) is 0. The van der Waals surface area contributed by atoms with Crippen molar-refractivity contribution in [2.45, 2.75) is 51.3 Å². The van der Waals surface area contributed by atoms with Gasteiger partial charge in [0.05, 0.1) is 19.3 Å². The fraction of sp³-hybridized carbons (Fsp3) is 0.909. The highest BCUT2D eigenvalue weighted by Crippen LogP contribution is 2.29. The maximum absolute atomic E-state index is 11.7. The molecule has 0 amide bonds. The standard InChI is InChI=1S/C11H18O7S/c1-4-14-10(12)9-8(17-19(13)18-9)5-7-6-15-11(2,3)16-7/h7-9H,4-6H2,1-3H3/t7-,8+,9-,19?/m0/s1. The monoisotopic (exact) mass is 294 g/mol. The SMILES string of the molecule is CCOC(=O)[C@H]1OS(=O)O[C@@H]1C[C@H]1COC(C)(C)O1. The number of esters is 1. The van der Waals surface area contributed by atoms with Crippen LogP contribution in [-0.4, -0.2) is 47.5 Å². The summed E-state index contributed by atoms with van der Waals surface area (Å²) in [6.45, 7) is 5.93. The topological polar surface area (TPSA) is 80.3 Å². The molecule has 1 unspecified atom stereocenters. The summed E-state index contributed by atoms with van der Waals surface area (Å²) in [6, 6.07) is 0. The van der Waals surface area contributed by atoms with Gasteiger partial charge in [-0.25, -0.2) is 4.79 Å². The van der Waals surface area contributed by atoms with Crippen molar-refractivity contribution in [1.82, 2.24) is 0 Å². The van der Waals surface area contributed by atoms with E-state index in [0.29, 0.717) is 13.0 Å². The molecule has 2 aliphatic rings. The zero-order chi connectivity index (χ0) is 14.0. The lowest BCUT2D eigenvalue weighted by Gasteiger charge is -2.19. The molecule has 2 saturated heterocycles. The van der Waals surface area contributed by atoms with Gasteiger partial charge in [-0.15, -0.1) is 0 Å². The Labute approximate surface area is 114 Å². The van der Waals surface area contributed by atoms with E-state index >= 15 is 0 Å². The van der Waals surface area contributed by atoms with Crippen molar-refractivity contribution in [2.75, 3.05) is 13.2 Å². The number of carbonyl (C=O) groups is 1. The molecule has 0 radical (unpaired) electrons. The van der Waals surface area contributed by atoms with E-state index in [1.54, 1.807) is 20.8 Å². The first kappa shape index (κ1) is 14.9. The lowest BCUT2D eigenvalue weighted by atomic mass is 10.1. The molecule has 0 aromatic rings. The Morgan fingerprint density at radius 1 is 1.42 bits per heavy atom. The highest BCUT2D eigenvalue weighted by molar-refractivity contribution is 7.75. The van der Waals surface area contributed by atoms with Crippen LogP contribution in [0, 0.1) is 0 Å². The Morgan fingerprint density at radius 3 is 2.74 bits per heavy atom. The third-order valence-corrected chi connectivity index (χ3v) is 3.57. The third kappa shape index (κ3) is 3.73. The van der Waals surface area contributed by atoms with Gasteiger partial charge >= 0.3 is 17.3 Å². The quantitative estimate of drug-likeness (QED) is 0.696. The summed E-state index contributed by atoms with van der Waals surface area (Å²) in [7, 11) is 0. The second kappa shape index (κ2) is 5.84. The van der Waals surface area contributed by atoms with Crippen LogP contribution in [0.5, 0.6) is 0 Å². The Bertz CT molecular complexity index is 370. The molecule has 110 valence electrons. The van der Waals surface area contributed by atoms with Crippen molar-refractivity contribution in [3.05, 3.63) is 0 Å². The molecular weight excluding hydrogens is 276 g/mol. The van der Waals surface area contributed by atoms with Gasteiger partial charge in [-0.05, 0) is 20.8 Å². The molecule has 19 heavy (non-hydrogen) atoms. The van der Waals surface area contributed by atoms with Crippen LogP contribution in [0.15, 0.2) is 0 Å². The van der Waals surface area contributed by atoms with Crippen LogP contribution in [0.4, 0.5) is 0 Å². The van der Waals surface area contributed by atoms with Crippen LogP contribution in [-0.2, 0) is 38.7 Å². The molecule has 0 saturated carbocycles. The summed E-state index contributed by atoms with van der Waals surface area (Å²) < 4.78 is 37.2. The van der Waals surface area contributed by atoms with Crippen molar-refractivity contribution in [3.63, 3.8) is 0 Å². The highest BCUT2D eigenvalue weighted by Gasteiger charge is 2.45. The number of rotatable bonds is 4. The van der Waals surface area contributed by atoms with Crippen molar-refractivity contribution >= 4 is 17.3 Å². The molecule has 2 heterocycles. The molecule has 0 aromatic carbocycles. The average molecular weight is 294 g/mol. The Balaban J connectivity index is 1.94. The molecule has 7 nitrogen and oxygen atoms in total. The zero-order valence-corrected chi connectivity index (χ0v) is 11.9. The van der Waals surface area contributed by atoms with Gasteiger partial charge in [0.25, 0.3) is 0 Å². The molecule has 0 aromatic heterocycles. The van der Waals surface area contributed by atoms with E-state index in [2.05, 4.69) is 0 Å². The minimum absolute atomic E-state index is 0.226. The molecule has 2 aliphatic heterocycles. The molecular formula is C11H18O7S. The van der Waals surface area contributed by atoms with Gasteiger partial charge in [0.2, 0.25) is 6.10 Å². The highest BCUT2D eigenvalue weighted by atomic mass is 32.2. The number of carbonyl (C=O) groups excluding carboxylic acids is 1. The summed E-state index contributed by atoms with van der Waals surface area (Å²) in [5.41, 5.74) is 0. The lowest BCUT2D eigenvalue weighted by molar-refractivity contribution is -0.154. The molecule has 4 atom stereocenters. The maximum atomic E-state index is 11.7. The molecule has 0 bridgehead atoms. The maximum Gasteiger partial charge on any atom is 0.339 e. The Kier molecular flexibility index (Phi) is 4.57. The summed E-state index contributed by atoms with van der Waals surface area (Å²) >= 11 is -1.92. The predicted molar refractivity (Wildman–Crippen MR) is 64.0 cm³/mol. The largest absolute Gasteiger partial charge is 0.464 e. The average Bonchev–Trinajstić information content (AvgIpc) is 2.83. The van der Waals surface area contributed by atoms with Gasteiger partial charge in [-0.3, -0.25) is 8.37 Å². The normalized spacial score (nSPS) is 37.4. The minimum Gasteiger partial charge on any atom is -0.464 e. The van der Waals surface area contributed by atoms with E-state index in [0.717, 1.165) is 0 Å². The van der Waals surface area contributed by atoms with Gasteiger partial charge in [0.15, 0.2) is 5.79 Å². The number of hydrogen-bond acceptors (Lipinski definition) is 7. The second-order valence-electron chi connectivity index (χ2n) is 4.79. The third-order valence-electron chi connectivity index (χ3n) is 2.80. The van der Waals surface area contributed by atoms with Gasteiger partial charge in [-0.1, -0.05) is 0 Å². The lowest BCUT2D eigenvalue weighted by Crippen LogP contribution is -2.36. The van der Waals surface area contributed by atoms with Crippen LogP contribution in [0.1, 0.15) is 27.2 Å². The smallest absolute Gasteiger partial charge is 0.339 e. The Hall–Kier alpha value is -0.540. The molecule has 2 rings (SSSR count). The molecule has 0 aliphatic carbocycles. The van der Waals surface area contributed by atoms with Crippen LogP contribution in [0.2, 0.25) is 0 Å². The molecule has 2 fully saturated rings. The van der Waals surface area contributed by atoms with E-state index in [1.165, 1.54) is 0 Å². The van der Waals surface area contributed by atoms with E-state index in [9.17, 15) is 9.00 Å². The fourth-order valence-corrected chi connectivity index (χ4v) is 2.84. The summed E-state index contributed by atoms with van der Waals surface area (Å²) in [6.07, 6.45) is -1.50. The van der Waals surface area contributed by atoms with E-state index < -0.39 is 35.3 Å². The van der Waals surface area contributed by atoms with E-state index in [-0.39, 0.29) is 12.7 Å². The molecule has 0 spiro atoms. The van der Waals surface area contributed by atoms with Gasteiger partial charge in [-0.2, -0.15) is 4.21 Å². The van der Waals surface area contributed by atoms with Crippen molar-refractivity contribution < 1.29 is 31.6 Å². The van der Waals surface area contributed by atoms with E-state index in [1.807, 2.05) is 0 Å². The van der Waals surface area contributed by atoms with Crippen molar-refractivity contribution in [2.24, 2.45) is 0 Å². The van der Waals surface area contributed by atoms with Crippen molar-refractivity contribution in [1.29, 1.82) is 0 Å². The van der Waals surface area contributed by atoms with Gasteiger partial charge < -0.3 is 14.2 Å². The van der Waals surface area contributed by atoms with Crippen LogP contribution < -0.4 is 0 Å². The molecule has 0 N–H and O–H groups in total. The van der Waals surface area contributed by atoms with Crippen molar-refractivity contribution in [3.8, 4) is 0 Å². The number of ether oxygens (including phenoxy) is 3. The first-order valence-corrected chi connectivity index (χ1v) is 7.15. The Morgan fingerprint density at radius 2 is 2.16 bits per heavy atom. The second-order valence-corrected chi connectivity index (χ2v) is 5.59. The van der Waals surface area contributed by atoms with Crippen LogP contribution in [0.25, 0.3) is 0 Å². The summed E-state index contributed by atoms with van der Waals surface area (Å²) in [4.78, 5) is 11.7. The predicted octanol–water partition coefficient (Wildman–Crippen LogP) is 0.454. The summed E-state index contributed by atoms with van der Waals surface area (Å²) in [5.74, 6) is -1.22. The van der Waals surface area contributed by atoms with Crippen LogP contribution in [0.3, 0.4) is 0 Å². The first-order valence-electron chi connectivity index (χ1n) is 6.15. The van der Waals surface area contributed by atoms with Crippen LogP contribution >= 0.6 is 0 Å².